The first kappa shape index (κ1) is 29.3. The molecule has 0 aromatic heterocycles. The molecule has 0 aliphatic carbocycles. The van der Waals surface area contributed by atoms with Crippen LogP contribution in [0.3, 0.4) is 0 Å². The molecule has 6 heteroatoms. The summed E-state index contributed by atoms with van der Waals surface area (Å²) < 4.78 is 4.89. The molecule has 38 heavy (non-hydrogen) atoms. The van der Waals surface area contributed by atoms with Gasteiger partial charge >= 0.3 is 6.09 Å². The maximum absolute atomic E-state index is 12.2. The Morgan fingerprint density at radius 1 is 0.684 bits per heavy atom. The van der Waals surface area contributed by atoms with Gasteiger partial charge in [0.1, 0.15) is 5.60 Å². The van der Waals surface area contributed by atoms with Crippen molar-refractivity contribution < 1.29 is 14.3 Å². The van der Waals surface area contributed by atoms with Crippen molar-refractivity contribution in [2.75, 3.05) is 18.8 Å². The molecule has 0 spiro atoms. The van der Waals surface area contributed by atoms with Crippen LogP contribution in [0.5, 0.6) is 0 Å². The van der Waals surface area contributed by atoms with Crippen LogP contribution in [0.15, 0.2) is 91.0 Å². The summed E-state index contributed by atoms with van der Waals surface area (Å²) in [4.78, 5) is 23.9. The van der Waals surface area contributed by atoms with Crippen molar-refractivity contribution in [3.05, 3.63) is 108 Å². The van der Waals surface area contributed by atoms with E-state index in [-0.39, 0.29) is 10.7 Å². The fraction of sp³-hybridized carbons (Fsp3) is 0.375. The number of thioether (sulfide) groups is 1. The van der Waals surface area contributed by atoms with Gasteiger partial charge < -0.3 is 15.4 Å². The Bertz CT molecular complexity index is 1020. The Morgan fingerprint density at radius 2 is 1.16 bits per heavy atom. The van der Waals surface area contributed by atoms with Crippen LogP contribution in [0.2, 0.25) is 0 Å². The monoisotopic (exact) mass is 532 g/mol. The molecule has 3 rings (SSSR count). The SMILES string of the molecule is CC(C)(C)OC(=O)NCCNC(=O)CCCCCSC(c1ccccc1)(c1ccccc1)c1ccccc1. The number of amides is 2. The predicted octanol–water partition coefficient (Wildman–Crippen LogP) is 6.91. The highest BCUT2D eigenvalue weighted by Crippen LogP contribution is 2.48. The lowest BCUT2D eigenvalue weighted by atomic mass is 9.84. The summed E-state index contributed by atoms with van der Waals surface area (Å²) in [5.41, 5.74) is 3.26. The molecule has 0 heterocycles. The lowest BCUT2D eigenvalue weighted by Gasteiger charge is -2.35. The molecule has 0 bridgehead atoms. The van der Waals surface area contributed by atoms with Gasteiger partial charge in [-0.15, -0.1) is 11.8 Å². The zero-order valence-electron chi connectivity index (χ0n) is 22.7. The van der Waals surface area contributed by atoms with Crippen LogP contribution in [0, 0.1) is 0 Å². The normalized spacial score (nSPS) is 11.6. The standard InChI is InChI=1S/C32H40N2O3S/c1-31(2,3)37-30(36)34-24-23-33-29(35)22-14-7-15-25-38-32(26-16-8-4-9-17-26,27-18-10-5-11-19-27)28-20-12-6-13-21-28/h4-6,8-13,16-21H,7,14-15,22-25H2,1-3H3,(H,33,35)(H,34,36). The van der Waals surface area contributed by atoms with Crippen LogP contribution in [0.1, 0.15) is 63.1 Å². The van der Waals surface area contributed by atoms with Crippen molar-refractivity contribution >= 4 is 23.8 Å². The maximum atomic E-state index is 12.2. The van der Waals surface area contributed by atoms with E-state index in [9.17, 15) is 9.59 Å². The van der Waals surface area contributed by atoms with Crippen molar-refractivity contribution in [3.63, 3.8) is 0 Å². The number of benzene rings is 3. The summed E-state index contributed by atoms with van der Waals surface area (Å²) in [6.07, 6.45) is 2.85. The molecule has 0 atom stereocenters. The minimum Gasteiger partial charge on any atom is -0.444 e. The fourth-order valence-electron chi connectivity index (χ4n) is 4.33. The third-order valence-corrected chi connectivity index (χ3v) is 7.66. The number of alkyl carbamates (subject to hydrolysis) is 1. The summed E-state index contributed by atoms with van der Waals surface area (Å²) in [5.74, 6) is 0.982. The summed E-state index contributed by atoms with van der Waals surface area (Å²) in [7, 11) is 0. The van der Waals surface area contributed by atoms with Crippen LogP contribution in [-0.2, 0) is 14.3 Å². The van der Waals surface area contributed by atoms with Gasteiger partial charge in [-0.3, -0.25) is 4.79 Å². The minimum atomic E-state index is -0.533. The van der Waals surface area contributed by atoms with Gasteiger partial charge in [0.05, 0.1) is 4.75 Å². The Morgan fingerprint density at radius 3 is 1.63 bits per heavy atom. The Kier molecular flexibility index (Phi) is 11.3. The Balaban J connectivity index is 1.51. The van der Waals surface area contributed by atoms with E-state index in [4.69, 9.17) is 4.74 Å². The van der Waals surface area contributed by atoms with E-state index in [0.29, 0.717) is 19.5 Å². The third kappa shape index (κ3) is 8.95. The summed E-state index contributed by atoms with van der Waals surface area (Å²) in [6, 6.07) is 32.1. The number of nitrogens with one attached hydrogen (secondary N) is 2. The molecule has 0 saturated carbocycles. The highest BCUT2D eigenvalue weighted by atomic mass is 32.2. The van der Waals surface area contributed by atoms with E-state index in [2.05, 4.69) is 102 Å². The number of ether oxygens (including phenoxy) is 1. The van der Waals surface area contributed by atoms with Crippen LogP contribution < -0.4 is 10.6 Å². The van der Waals surface area contributed by atoms with Crippen LogP contribution in [0.4, 0.5) is 4.79 Å². The van der Waals surface area contributed by atoms with Crippen molar-refractivity contribution in [1.82, 2.24) is 10.6 Å². The second-order valence-electron chi connectivity index (χ2n) is 10.2. The lowest BCUT2D eigenvalue weighted by Crippen LogP contribution is -2.37. The van der Waals surface area contributed by atoms with Gasteiger partial charge in [0.15, 0.2) is 0 Å². The fourth-order valence-corrected chi connectivity index (χ4v) is 5.89. The second-order valence-corrected chi connectivity index (χ2v) is 11.5. The molecule has 202 valence electrons. The molecule has 2 N–H and O–H groups in total. The number of carbonyl (C=O) groups is 2. The number of hydrogen-bond donors (Lipinski definition) is 2. The van der Waals surface area contributed by atoms with Gasteiger partial charge in [0, 0.05) is 19.5 Å². The van der Waals surface area contributed by atoms with Gasteiger partial charge in [0.25, 0.3) is 0 Å². The topological polar surface area (TPSA) is 67.4 Å². The average molecular weight is 533 g/mol. The molecule has 0 aliphatic heterocycles. The van der Waals surface area contributed by atoms with E-state index < -0.39 is 11.7 Å². The molecule has 0 fully saturated rings. The first-order valence-electron chi connectivity index (χ1n) is 13.4. The van der Waals surface area contributed by atoms with Gasteiger partial charge in [-0.05, 0) is 56.1 Å². The minimum absolute atomic E-state index is 0.0100. The predicted molar refractivity (Wildman–Crippen MR) is 157 cm³/mol. The number of carbonyl (C=O) groups excluding carboxylic acids is 2. The first-order valence-corrected chi connectivity index (χ1v) is 14.3. The molecular weight excluding hydrogens is 492 g/mol. The van der Waals surface area contributed by atoms with Gasteiger partial charge in [-0.25, -0.2) is 4.79 Å². The third-order valence-electron chi connectivity index (χ3n) is 6.02. The number of unbranched alkanes of at least 4 members (excludes halogenated alkanes) is 2. The van der Waals surface area contributed by atoms with Gasteiger partial charge in [0.2, 0.25) is 5.91 Å². The molecule has 3 aromatic carbocycles. The van der Waals surface area contributed by atoms with E-state index in [0.717, 1.165) is 25.0 Å². The zero-order chi connectivity index (χ0) is 27.3. The van der Waals surface area contributed by atoms with Crippen LogP contribution in [-0.4, -0.2) is 36.4 Å². The molecule has 5 nitrogen and oxygen atoms in total. The quantitative estimate of drug-likeness (QED) is 0.185. The molecule has 0 radical (unpaired) electrons. The molecule has 3 aromatic rings. The Labute approximate surface area is 231 Å². The van der Waals surface area contributed by atoms with Gasteiger partial charge in [-0.1, -0.05) is 97.4 Å². The van der Waals surface area contributed by atoms with E-state index in [1.165, 1.54) is 16.7 Å². The largest absolute Gasteiger partial charge is 0.444 e. The van der Waals surface area contributed by atoms with Crippen molar-refractivity contribution in [2.24, 2.45) is 0 Å². The van der Waals surface area contributed by atoms with Crippen molar-refractivity contribution in [2.45, 2.75) is 56.8 Å². The highest BCUT2D eigenvalue weighted by molar-refractivity contribution is 8.00. The maximum Gasteiger partial charge on any atom is 0.407 e. The molecule has 0 aliphatic rings. The second kappa shape index (κ2) is 14.6. The lowest BCUT2D eigenvalue weighted by molar-refractivity contribution is -0.121. The zero-order valence-corrected chi connectivity index (χ0v) is 23.6. The van der Waals surface area contributed by atoms with Crippen molar-refractivity contribution in [3.8, 4) is 0 Å². The van der Waals surface area contributed by atoms with Crippen molar-refractivity contribution in [1.29, 1.82) is 0 Å². The van der Waals surface area contributed by atoms with E-state index in [1.807, 2.05) is 32.5 Å². The highest BCUT2D eigenvalue weighted by Gasteiger charge is 2.36. The molecular formula is C32H40N2O3S. The number of rotatable bonds is 13. The van der Waals surface area contributed by atoms with E-state index in [1.54, 1.807) is 0 Å². The Hall–Kier alpha value is -3.25. The molecule has 0 unspecified atom stereocenters. The molecule has 2 amide bonds. The summed E-state index contributed by atoms with van der Waals surface area (Å²) in [5, 5.41) is 5.52. The average Bonchev–Trinajstić information content (AvgIpc) is 2.91. The smallest absolute Gasteiger partial charge is 0.407 e. The first-order chi connectivity index (χ1) is 18.3. The summed E-state index contributed by atoms with van der Waals surface area (Å²) >= 11 is 1.96. The summed E-state index contributed by atoms with van der Waals surface area (Å²) in [6.45, 7) is 6.19. The molecule has 0 saturated heterocycles. The van der Waals surface area contributed by atoms with Gasteiger partial charge in [-0.2, -0.15) is 0 Å². The number of hydrogen-bond acceptors (Lipinski definition) is 4. The van der Waals surface area contributed by atoms with Crippen LogP contribution in [0.25, 0.3) is 0 Å². The van der Waals surface area contributed by atoms with E-state index >= 15 is 0 Å². The van der Waals surface area contributed by atoms with Crippen LogP contribution >= 0.6 is 11.8 Å².